The third kappa shape index (κ3) is 6.71. The molecule has 0 radical (unpaired) electrons. The van der Waals surface area contributed by atoms with Crippen LogP contribution >= 0.6 is 0 Å². The Bertz CT molecular complexity index is 1180. The molecule has 0 heterocycles. The van der Waals surface area contributed by atoms with Crippen molar-refractivity contribution in [2.75, 3.05) is 21.0 Å². The maximum Gasteiger partial charge on any atom is 0.230 e. The van der Waals surface area contributed by atoms with E-state index in [9.17, 15) is 0 Å². The van der Waals surface area contributed by atoms with Crippen molar-refractivity contribution in [2.24, 2.45) is 9.98 Å². The highest BCUT2D eigenvalue weighted by molar-refractivity contribution is 5.86. The Kier molecular flexibility index (Phi) is 8.11. The summed E-state index contributed by atoms with van der Waals surface area (Å²) in [6, 6.07) is 30.4. The van der Waals surface area contributed by atoms with Gasteiger partial charge in [0.05, 0.1) is 25.6 Å². The van der Waals surface area contributed by atoms with E-state index in [0.717, 1.165) is 34.0 Å². The first kappa shape index (κ1) is 23.6. The van der Waals surface area contributed by atoms with Crippen molar-refractivity contribution < 1.29 is 18.9 Å². The molecule has 0 fully saturated rings. The van der Waals surface area contributed by atoms with Crippen molar-refractivity contribution in [2.45, 2.75) is 0 Å². The van der Waals surface area contributed by atoms with Crippen LogP contribution in [0.2, 0.25) is 0 Å². The number of aliphatic imine (C=N–C) groups is 2. The quantitative estimate of drug-likeness (QED) is 0.195. The second-order valence-corrected chi connectivity index (χ2v) is 7.39. The lowest BCUT2D eigenvalue weighted by molar-refractivity contribution is 0.119. The Morgan fingerprint density at radius 1 is 0.543 bits per heavy atom. The normalized spacial score (nSPS) is 11.0. The van der Waals surface area contributed by atoms with Crippen LogP contribution in [-0.2, 0) is 0 Å². The maximum absolute atomic E-state index is 5.92. The highest BCUT2D eigenvalue weighted by atomic mass is 16.7. The van der Waals surface area contributed by atoms with Crippen LogP contribution in [-0.4, -0.2) is 33.4 Å². The summed E-state index contributed by atoms with van der Waals surface area (Å²) < 4.78 is 22.2. The molecule has 0 aliphatic carbocycles. The van der Waals surface area contributed by atoms with E-state index in [-0.39, 0.29) is 6.79 Å². The maximum atomic E-state index is 5.92. The Morgan fingerprint density at radius 3 is 1.34 bits per heavy atom. The van der Waals surface area contributed by atoms with Gasteiger partial charge in [0.25, 0.3) is 0 Å². The van der Waals surface area contributed by atoms with Gasteiger partial charge in [0.1, 0.15) is 23.0 Å². The standard InChI is InChI=1S/C29H26N2O4/c1-32-26-15-11-24(12-16-26)30-19-22-7-3-5-9-28(22)34-21-35-29-10-6-4-8-23(29)20-31-25-13-17-27(33-2)18-14-25/h3-20H,21H2,1-2H3. The van der Waals surface area contributed by atoms with Crippen molar-refractivity contribution in [3.8, 4) is 23.0 Å². The van der Waals surface area contributed by atoms with E-state index in [0.29, 0.717) is 11.5 Å². The van der Waals surface area contributed by atoms with Crippen LogP contribution in [0.1, 0.15) is 11.1 Å². The third-order valence-electron chi connectivity index (χ3n) is 5.12. The minimum Gasteiger partial charge on any atom is -0.497 e. The summed E-state index contributed by atoms with van der Waals surface area (Å²) >= 11 is 0. The predicted molar refractivity (Wildman–Crippen MR) is 140 cm³/mol. The van der Waals surface area contributed by atoms with Gasteiger partial charge in [-0.05, 0) is 72.8 Å². The fourth-order valence-electron chi connectivity index (χ4n) is 3.22. The number of ether oxygens (including phenoxy) is 4. The highest BCUT2D eigenvalue weighted by Gasteiger charge is 2.04. The van der Waals surface area contributed by atoms with Crippen LogP contribution in [0.5, 0.6) is 23.0 Å². The lowest BCUT2D eigenvalue weighted by atomic mass is 10.2. The zero-order valence-electron chi connectivity index (χ0n) is 19.6. The van der Waals surface area contributed by atoms with Crippen LogP contribution in [0.4, 0.5) is 11.4 Å². The van der Waals surface area contributed by atoms with E-state index in [4.69, 9.17) is 18.9 Å². The Hall–Kier alpha value is -4.58. The lowest BCUT2D eigenvalue weighted by Crippen LogP contribution is -2.08. The first-order chi connectivity index (χ1) is 17.2. The topological polar surface area (TPSA) is 61.6 Å². The molecule has 0 amide bonds. The largest absolute Gasteiger partial charge is 0.497 e. The fraction of sp³-hybridized carbons (Fsp3) is 0.103. The molecule has 4 aromatic rings. The zero-order chi connectivity index (χ0) is 24.3. The van der Waals surface area contributed by atoms with Gasteiger partial charge in [-0.25, -0.2) is 0 Å². The van der Waals surface area contributed by atoms with Crippen LogP contribution in [0, 0.1) is 0 Å². The Balaban J connectivity index is 1.39. The van der Waals surface area contributed by atoms with E-state index in [1.165, 1.54) is 0 Å². The van der Waals surface area contributed by atoms with E-state index < -0.39 is 0 Å². The summed E-state index contributed by atoms with van der Waals surface area (Å²) in [7, 11) is 3.28. The average Bonchev–Trinajstić information content (AvgIpc) is 2.92. The summed E-state index contributed by atoms with van der Waals surface area (Å²) in [6.45, 7) is 0.0424. The molecule has 0 unspecified atom stereocenters. The van der Waals surface area contributed by atoms with Gasteiger partial charge in [0.15, 0.2) is 0 Å². The molecule has 0 atom stereocenters. The molecular formula is C29H26N2O4. The van der Waals surface area contributed by atoms with Crippen LogP contribution in [0.15, 0.2) is 107 Å². The number of nitrogens with zero attached hydrogens (tertiary/aromatic N) is 2. The molecule has 0 spiro atoms. The van der Waals surface area contributed by atoms with Crippen molar-refractivity contribution in [3.05, 3.63) is 108 Å². The van der Waals surface area contributed by atoms with E-state index >= 15 is 0 Å². The minimum absolute atomic E-state index is 0.0424. The Morgan fingerprint density at radius 2 is 0.943 bits per heavy atom. The second-order valence-electron chi connectivity index (χ2n) is 7.39. The molecule has 4 aromatic carbocycles. The van der Waals surface area contributed by atoms with Crippen molar-refractivity contribution in [1.29, 1.82) is 0 Å². The third-order valence-corrected chi connectivity index (χ3v) is 5.12. The monoisotopic (exact) mass is 466 g/mol. The molecule has 0 saturated carbocycles. The van der Waals surface area contributed by atoms with Gasteiger partial charge in [-0.2, -0.15) is 0 Å². The first-order valence-corrected chi connectivity index (χ1v) is 11.0. The minimum atomic E-state index is 0.0424. The summed E-state index contributed by atoms with van der Waals surface area (Å²) in [5.74, 6) is 2.93. The lowest BCUT2D eigenvalue weighted by Gasteiger charge is -2.12. The molecular weight excluding hydrogens is 440 g/mol. The van der Waals surface area contributed by atoms with Crippen LogP contribution in [0.3, 0.4) is 0 Å². The van der Waals surface area contributed by atoms with Gasteiger partial charge in [-0.1, -0.05) is 24.3 Å². The number of benzene rings is 4. The number of hydrogen-bond acceptors (Lipinski definition) is 6. The van der Waals surface area contributed by atoms with Crippen LogP contribution < -0.4 is 18.9 Å². The number of para-hydroxylation sites is 2. The zero-order valence-corrected chi connectivity index (χ0v) is 19.6. The number of methoxy groups -OCH3 is 2. The highest BCUT2D eigenvalue weighted by Crippen LogP contribution is 2.22. The van der Waals surface area contributed by atoms with Gasteiger partial charge in [0, 0.05) is 23.6 Å². The van der Waals surface area contributed by atoms with Gasteiger partial charge in [-0.3, -0.25) is 9.98 Å². The smallest absolute Gasteiger partial charge is 0.230 e. The number of rotatable bonds is 10. The molecule has 0 saturated heterocycles. The van der Waals surface area contributed by atoms with Gasteiger partial charge in [0.2, 0.25) is 6.79 Å². The van der Waals surface area contributed by atoms with E-state index in [1.807, 2.05) is 97.1 Å². The molecule has 6 nitrogen and oxygen atoms in total. The molecule has 0 bridgehead atoms. The Labute approximate surface area is 205 Å². The molecule has 0 aliphatic heterocycles. The second kappa shape index (κ2) is 12.0. The molecule has 0 aliphatic rings. The molecule has 0 aromatic heterocycles. The molecule has 35 heavy (non-hydrogen) atoms. The van der Waals surface area contributed by atoms with E-state index in [2.05, 4.69) is 9.98 Å². The van der Waals surface area contributed by atoms with Gasteiger partial charge in [-0.15, -0.1) is 0 Å². The van der Waals surface area contributed by atoms with Crippen molar-refractivity contribution in [3.63, 3.8) is 0 Å². The predicted octanol–water partition coefficient (Wildman–Crippen LogP) is 6.62. The summed E-state index contributed by atoms with van der Waals surface area (Å²) in [6.07, 6.45) is 3.54. The summed E-state index contributed by atoms with van der Waals surface area (Å²) in [5.41, 5.74) is 3.34. The first-order valence-electron chi connectivity index (χ1n) is 11.0. The fourth-order valence-corrected chi connectivity index (χ4v) is 3.22. The van der Waals surface area contributed by atoms with Crippen LogP contribution in [0.25, 0.3) is 0 Å². The molecule has 176 valence electrons. The van der Waals surface area contributed by atoms with Crippen molar-refractivity contribution >= 4 is 23.8 Å². The summed E-state index contributed by atoms with van der Waals surface area (Å²) in [5, 5.41) is 0. The average molecular weight is 467 g/mol. The van der Waals surface area contributed by atoms with Crippen molar-refractivity contribution in [1.82, 2.24) is 0 Å². The summed E-state index contributed by atoms with van der Waals surface area (Å²) in [4.78, 5) is 9.06. The van der Waals surface area contributed by atoms with Gasteiger partial charge >= 0.3 is 0 Å². The SMILES string of the molecule is COc1ccc(N=Cc2ccccc2OCOc2ccccc2C=Nc2ccc(OC)cc2)cc1. The number of hydrogen-bond donors (Lipinski definition) is 0. The molecule has 4 rings (SSSR count). The molecule has 0 N–H and O–H groups in total. The van der Waals surface area contributed by atoms with E-state index in [1.54, 1.807) is 26.6 Å². The van der Waals surface area contributed by atoms with Gasteiger partial charge < -0.3 is 18.9 Å². The molecule has 6 heteroatoms.